The molecule has 0 radical (unpaired) electrons. The van der Waals surface area contributed by atoms with Gasteiger partial charge in [0.25, 0.3) is 5.91 Å². The molecule has 96 valence electrons. The van der Waals surface area contributed by atoms with Crippen molar-refractivity contribution in [3.63, 3.8) is 0 Å². The Morgan fingerprint density at radius 1 is 1.50 bits per heavy atom. The number of hydrogen-bond donors (Lipinski definition) is 1. The fourth-order valence-electron chi connectivity index (χ4n) is 2.29. The fourth-order valence-corrected chi connectivity index (χ4v) is 2.29. The molecule has 0 fully saturated rings. The largest absolute Gasteiger partial charge is 0.349 e. The first-order valence-electron chi connectivity index (χ1n) is 6.07. The van der Waals surface area contributed by atoms with E-state index in [0.717, 1.165) is 5.69 Å². The molecule has 1 amide bonds. The SMILES string of the molecule is CCNC(=O)c1c(CC)n(C)c2c(F)ccc[n+]12. The van der Waals surface area contributed by atoms with Gasteiger partial charge in [-0.3, -0.25) is 4.79 Å². The van der Waals surface area contributed by atoms with Gasteiger partial charge in [0, 0.05) is 13.0 Å². The second-order valence-corrected chi connectivity index (χ2v) is 4.12. The highest BCUT2D eigenvalue weighted by atomic mass is 19.1. The highest BCUT2D eigenvalue weighted by Gasteiger charge is 2.29. The monoisotopic (exact) mass is 250 g/mol. The molecule has 5 heteroatoms. The van der Waals surface area contributed by atoms with Crippen LogP contribution in [0.2, 0.25) is 0 Å². The molecule has 2 rings (SSSR count). The van der Waals surface area contributed by atoms with Gasteiger partial charge < -0.3 is 5.32 Å². The van der Waals surface area contributed by atoms with E-state index in [4.69, 9.17) is 0 Å². The molecule has 0 aliphatic heterocycles. The number of carbonyl (C=O) groups excluding carboxylic acids is 1. The van der Waals surface area contributed by atoms with Gasteiger partial charge in [0.1, 0.15) is 0 Å². The molecule has 0 bridgehead atoms. The van der Waals surface area contributed by atoms with Crippen LogP contribution in [0.3, 0.4) is 0 Å². The molecule has 0 atom stereocenters. The zero-order valence-corrected chi connectivity index (χ0v) is 10.8. The summed E-state index contributed by atoms with van der Waals surface area (Å²) in [6.45, 7) is 4.36. The summed E-state index contributed by atoms with van der Waals surface area (Å²) in [6, 6.07) is 3.00. The van der Waals surface area contributed by atoms with Gasteiger partial charge in [-0.2, -0.15) is 8.79 Å². The summed E-state index contributed by atoms with van der Waals surface area (Å²) in [5, 5.41) is 2.77. The van der Waals surface area contributed by atoms with E-state index in [1.807, 2.05) is 13.8 Å². The molecule has 0 unspecified atom stereocenters. The van der Waals surface area contributed by atoms with Crippen molar-refractivity contribution in [1.82, 2.24) is 9.88 Å². The number of fused-ring (bicyclic) bond motifs is 1. The van der Waals surface area contributed by atoms with Gasteiger partial charge >= 0.3 is 5.65 Å². The molecule has 0 aromatic carbocycles. The second kappa shape index (κ2) is 4.76. The number of aryl methyl sites for hydroxylation is 1. The Balaban J connectivity index is 2.78. The summed E-state index contributed by atoms with van der Waals surface area (Å²) in [7, 11) is 1.78. The number of nitrogens with zero attached hydrogens (tertiary/aromatic N) is 2. The Labute approximate surface area is 105 Å². The number of carbonyl (C=O) groups is 1. The molecule has 2 aromatic heterocycles. The lowest BCUT2D eigenvalue weighted by Crippen LogP contribution is -2.35. The molecule has 0 saturated heterocycles. The number of rotatable bonds is 3. The van der Waals surface area contributed by atoms with Crippen molar-refractivity contribution in [3.05, 3.63) is 35.5 Å². The Morgan fingerprint density at radius 2 is 2.22 bits per heavy atom. The first kappa shape index (κ1) is 12.5. The van der Waals surface area contributed by atoms with Crippen LogP contribution in [-0.2, 0) is 13.5 Å². The summed E-state index contributed by atoms with van der Waals surface area (Å²) >= 11 is 0. The van der Waals surface area contributed by atoms with Crippen LogP contribution in [0.4, 0.5) is 4.39 Å². The Morgan fingerprint density at radius 3 is 2.83 bits per heavy atom. The Kier molecular flexibility index (Phi) is 3.32. The van der Waals surface area contributed by atoms with E-state index in [9.17, 15) is 9.18 Å². The van der Waals surface area contributed by atoms with Crippen LogP contribution in [-0.4, -0.2) is 17.0 Å². The predicted molar refractivity (Wildman–Crippen MR) is 65.9 cm³/mol. The molecule has 1 N–H and O–H groups in total. The highest BCUT2D eigenvalue weighted by molar-refractivity contribution is 5.92. The molecule has 0 aliphatic rings. The van der Waals surface area contributed by atoms with E-state index >= 15 is 0 Å². The number of halogens is 1. The maximum Gasteiger partial charge on any atom is 0.323 e. The molecule has 0 saturated carbocycles. The zero-order chi connectivity index (χ0) is 13.3. The van der Waals surface area contributed by atoms with Crippen LogP contribution in [0.15, 0.2) is 18.3 Å². The number of imidazole rings is 1. The van der Waals surface area contributed by atoms with E-state index in [1.165, 1.54) is 6.07 Å². The minimum atomic E-state index is -0.328. The van der Waals surface area contributed by atoms with Crippen molar-refractivity contribution >= 4 is 11.6 Å². The molecule has 0 spiro atoms. The minimum absolute atomic E-state index is 0.171. The summed E-state index contributed by atoms with van der Waals surface area (Å²) in [5.41, 5.74) is 1.75. The third kappa shape index (κ3) is 1.75. The number of aromatic nitrogens is 2. The van der Waals surface area contributed by atoms with E-state index in [-0.39, 0.29) is 11.7 Å². The summed E-state index contributed by atoms with van der Waals surface area (Å²) < 4.78 is 17.2. The van der Waals surface area contributed by atoms with Gasteiger partial charge in [-0.05, 0) is 19.1 Å². The van der Waals surface area contributed by atoms with E-state index in [1.54, 1.807) is 28.3 Å². The molecule has 2 heterocycles. The van der Waals surface area contributed by atoms with E-state index in [2.05, 4.69) is 5.32 Å². The van der Waals surface area contributed by atoms with Gasteiger partial charge in [0.2, 0.25) is 11.5 Å². The van der Waals surface area contributed by atoms with Crippen LogP contribution in [0, 0.1) is 5.82 Å². The van der Waals surface area contributed by atoms with Crippen molar-refractivity contribution in [2.24, 2.45) is 7.05 Å². The lowest BCUT2D eigenvalue weighted by Gasteiger charge is -1.99. The number of pyridine rings is 1. The van der Waals surface area contributed by atoms with Crippen LogP contribution in [0.25, 0.3) is 5.65 Å². The fraction of sp³-hybridized carbons (Fsp3) is 0.385. The summed E-state index contributed by atoms with van der Waals surface area (Å²) in [6.07, 6.45) is 2.38. The molecule has 0 aliphatic carbocycles. The smallest absolute Gasteiger partial charge is 0.323 e. The van der Waals surface area contributed by atoms with E-state index < -0.39 is 0 Å². The minimum Gasteiger partial charge on any atom is -0.349 e. The molecular formula is C13H17FN3O+. The summed E-state index contributed by atoms with van der Waals surface area (Å²) in [5.74, 6) is -0.499. The predicted octanol–water partition coefficient (Wildman–Crippen LogP) is 1.21. The number of amides is 1. The number of hydrogen-bond acceptors (Lipinski definition) is 1. The first-order chi connectivity index (χ1) is 8.61. The molecule has 4 nitrogen and oxygen atoms in total. The third-order valence-electron chi connectivity index (χ3n) is 3.04. The second-order valence-electron chi connectivity index (χ2n) is 4.12. The maximum atomic E-state index is 13.9. The third-order valence-corrected chi connectivity index (χ3v) is 3.04. The standard InChI is InChI=1S/C13H16FN3O/c1-4-10-11(12(18)15-5-2)17-8-6-7-9(14)13(17)16(10)3/h6-8H,4-5H2,1-3H3/p+1. The average molecular weight is 250 g/mol. The van der Waals surface area contributed by atoms with Gasteiger partial charge in [-0.1, -0.05) is 6.92 Å². The normalized spacial score (nSPS) is 10.9. The van der Waals surface area contributed by atoms with Gasteiger partial charge in [-0.25, -0.2) is 4.57 Å². The van der Waals surface area contributed by atoms with Crippen LogP contribution < -0.4 is 9.72 Å². The van der Waals surface area contributed by atoms with Crippen LogP contribution in [0.1, 0.15) is 30.0 Å². The van der Waals surface area contributed by atoms with Crippen molar-refractivity contribution in [1.29, 1.82) is 0 Å². The first-order valence-corrected chi connectivity index (χ1v) is 6.07. The van der Waals surface area contributed by atoms with Crippen molar-refractivity contribution in [3.8, 4) is 0 Å². The maximum absolute atomic E-state index is 13.9. The Bertz CT molecular complexity index is 604. The van der Waals surface area contributed by atoms with Crippen molar-refractivity contribution < 1.29 is 13.6 Å². The summed E-state index contributed by atoms with van der Waals surface area (Å²) in [4.78, 5) is 12.1. The lowest BCUT2D eigenvalue weighted by molar-refractivity contribution is -0.515. The van der Waals surface area contributed by atoms with Gasteiger partial charge in [0.05, 0.1) is 13.2 Å². The lowest BCUT2D eigenvalue weighted by atomic mass is 10.2. The average Bonchev–Trinajstić information content (AvgIpc) is 2.63. The van der Waals surface area contributed by atoms with E-state index in [0.29, 0.717) is 24.3 Å². The van der Waals surface area contributed by atoms with Crippen molar-refractivity contribution in [2.75, 3.05) is 6.54 Å². The highest BCUT2D eigenvalue weighted by Crippen LogP contribution is 2.13. The van der Waals surface area contributed by atoms with Gasteiger partial charge in [-0.15, -0.1) is 0 Å². The number of nitrogens with one attached hydrogen (secondary N) is 1. The Hall–Kier alpha value is -1.91. The van der Waals surface area contributed by atoms with Crippen molar-refractivity contribution in [2.45, 2.75) is 20.3 Å². The van der Waals surface area contributed by atoms with Crippen LogP contribution in [0.5, 0.6) is 0 Å². The quantitative estimate of drug-likeness (QED) is 0.817. The van der Waals surface area contributed by atoms with Crippen LogP contribution >= 0.6 is 0 Å². The molecule has 2 aromatic rings. The molecule has 18 heavy (non-hydrogen) atoms. The molecular weight excluding hydrogens is 233 g/mol. The van der Waals surface area contributed by atoms with Gasteiger partial charge in [0.15, 0.2) is 5.69 Å². The zero-order valence-electron chi connectivity index (χ0n) is 10.8. The topological polar surface area (TPSA) is 38.1 Å².